The molecule has 106 valence electrons. The second kappa shape index (κ2) is 7.62. The van der Waals surface area contributed by atoms with Crippen LogP contribution in [-0.4, -0.2) is 48.2 Å². The number of aromatic nitrogens is 2. The predicted molar refractivity (Wildman–Crippen MR) is 76.5 cm³/mol. The van der Waals surface area contributed by atoms with E-state index in [1.54, 1.807) is 13.2 Å². The minimum absolute atomic E-state index is 0.378. The number of halogens is 1. The highest BCUT2D eigenvalue weighted by Gasteiger charge is 2.10. The van der Waals surface area contributed by atoms with Gasteiger partial charge in [-0.25, -0.2) is 9.97 Å². The van der Waals surface area contributed by atoms with Crippen LogP contribution < -0.4 is 5.32 Å². The van der Waals surface area contributed by atoms with Crippen molar-refractivity contribution in [2.24, 2.45) is 0 Å². The van der Waals surface area contributed by atoms with E-state index in [4.69, 9.17) is 16.3 Å². The van der Waals surface area contributed by atoms with E-state index in [0.29, 0.717) is 17.6 Å². The van der Waals surface area contributed by atoms with Crippen LogP contribution in [0.5, 0.6) is 0 Å². The van der Waals surface area contributed by atoms with Crippen molar-refractivity contribution in [1.82, 2.24) is 14.9 Å². The lowest BCUT2D eigenvalue weighted by Crippen LogP contribution is -2.22. The van der Waals surface area contributed by atoms with E-state index in [0.717, 1.165) is 25.3 Å². The van der Waals surface area contributed by atoms with Crippen LogP contribution in [0.25, 0.3) is 0 Å². The highest BCUT2D eigenvalue weighted by Crippen LogP contribution is 2.12. The molecular weight excluding hydrogens is 264 g/mol. The number of methoxy groups -OCH3 is 1. The Kier molecular flexibility index (Phi) is 5.82. The van der Waals surface area contributed by atoms with Gasteiger partial charge in [0.05, 0.1) is 0 Å². The number of rotatable bonds is 7. The Morgan fingerprint density at radius 1 is 1.37 bits per heavy atom. The lowest BCUT2D eigenvalue weighted by Gasteiger charge is -2.14. The first kappa shape index (κ1) is 14.5. The fourth-order valence-corrected chi connectivity index (χ4v) is 2.48. The van der Waals surface area contributed by atoms with Crippen molar-refractivity contribution in [3.05, 3.63) is 17.0 Å². The Balaban J connectivity index is 1.75. The normalized spacial score (nSPS) is 15.9. The van der Waals surface area contributed by atoms with E-state index in [-0.39, 0.29) is 0 Å². The molecule has 6 heteroatoms. The number of ether oxygens (including phenoxy) is 1. The van der Waals surface area contributed by atoms with E-state index in [1.807, 2.05) is 0 Å². The summed E-state index contributed by atoms with van der Waals surface area (Å²) in [5.41, 5.74) is 0. The zero-order chi connectivity index (χ0) is 13.5. The van der Waals surface area contributed by atoms with Gasteiger partial charge in [-0.15, -0.1) is 0 Å². The van der Waals surface area contributed by atoms with Crippen molar-refractivity contribution in [3.8, 4) is 0 Å². The van der Waals surface area contributed by atoms with Gasteiger partial charge in [-0.1, -0.05) is 11.6 Å². The van der Waals surface area contributed by atoms with Crippen LogP contribution in [0.3, 0.4) is 0 Å². The number of anilines is 1. The summed E-state index contributed by atoms with van der Waals surface area (Å²) in [5, 5.41) is 3.74. The Morgan fingerprint density at radius 3 is 2.89 bits per heavy atom. The van der Waals surface area contributed by atoms with Gasteiger partial charge >= 0.3 is 0 Å². The fraction of sp³-hybridized carbons (Fsp3) is 0.692. The lowest BCUT2D eigenvalue weighted by molar-refractivity contribution is 0.178. The Morgan fingerprint density at radius 2 is 2.16 bits per heavy atom. The molecule has 19 heavy (non-hydrogen) atoms. The summed E-state index contributed by atoms with van der Waals surface area (Å²) in [6.07, 6.45) is 3.80. The second-order valence-electron chi connectivity index (χ2n) is 4.75. The minimum atomic E-state index is 0.378. The maximum absolute atomic E-state index is 5.95. The monoisotopic (exact) mass is 284 g/mol. The molecule has 1 saturated heterocycles. The summed E-state index contributed by atoms with van der Waals surface area (Å²) in [5.74, 6) is 1.38. The summed E-state index contributed by atoms with van der Waals surface area (Å²) in [7, 11) is 1.62. The van der Waals surface area contributed by atoms with Crippen LogP contribution in [0.15, 0.2) is 6.07 Å². The number of likely N-dealkylation sites (tertiary alicyclic amines) is 1. The molecule has 1 aromatic heterocycles. The van der Waals surface area contributed by atoms with Gasteiger partial charge in [-0.3, -0.25) is 0 Å². The highest BCUT2D eigenvalue weighted by molar-refractivity contribution is 6.29. The molecule has 0 aromatic carbocycles. The maximum atomic E-state index is 5.95. The zero-order valence-corrected chi connectivity index (χ0v) is 12.1. The average molecular weight is 285 g/mol. The fourth-order valence-electron chi connectivity index (χ4n) is 2.27. The van der Waals surface area contributed by atoms with Crippen LogP contribution in [0.1, 0.15) is 25.1 Å². The minimum Gasteiger partial charge on any atom is -0.377 e. The zero-order valence-electron chi connectivity index (χ0n) is 11.4. The molecule has 0 saturated carbocycles. The number of hydrogen-bond donors (Lipinski definition) is 1. The molecule has 0 radical (unpaired) electrons. The summed E-state index contributed by atoms with van der Waals surface area (Å²) < 4.78 is 5.01. The van der Waals surface area contributed by atoms with Gasteiger partial charge in [0.1, 0.15) is 17.6 Å². The molecule has 1 fully saturated rings. The molecule has 0 bridgehead atoms. The molecule has 1 N–H and O–H groups in total. The SMILES string of the molecule is COCc1nc(Cl)cc(NCCCN2CCCC2)n1. The summed E-state index contributed by atoms with van der Waals surface area (Å²) >= 11 is 5.95. The van der Waals surface area contributed by atoms with Gasteiger partial charge in [0.15, 0.2) is 5.82 Å². The first-order valence-electron chi connectivity index (χ1n) is 6.76. The number of nitrogens with one attached hydrogen (secondary N) is 1. The first-order chi connectivity index (χ1) is 9.28. The lowest BCUT2D eigenvalue weighted by atomic mass is 10.4. The largest absolute Gasteiger partial charge is 0.377 e. The van der Waals surface area contributed by atoms with Crippen LogP contribution in [0, 0.1) is 0 Å². The molecule has 5 nitrogen and oxygen atoms in total. The molecule has 1 aliphatic rings. The van der Waals surface area contributed by atoms with Gasteiger partial charge in [-0.05, 0) is 38.9 Å². The van der Waals surface area contributed by atoms with E-state index in [2.05, 4.69) is 20.2 Å². The summed E-state index contributed by atoms with van der Waals surface area (Å²) in [6, 6.07) is 1.75. The van der Waals surface area contributed by atoms with E-state index >= 15 is 0 Å². The Bertz CT molecular complexity index is 396. The quantitative estimate of drug-likeness (QED) is 0.614. The van der Waals surface area contributed by atoms with Crippen molar-refractivity contribution in [2.45, 2.75) is 25.9 Å². The molecule has 0 unspecified atom stereocenters. The molecule has 0 spiro atoms. The number of nitrogens with zero attached hydrogens (tertiary/aromatic N) is 3. The summed E-state index contributed by atoms with van der Waals surface area (Å²) in [6.45, 7) is 4.92. The molecule has 2 heterocycles. The maximum Gasteiger partial charge on any atom is 0.158 e. The molecule has 0 amide bonds. The second-order valence-corrected chi connectivity index (χ2v) is 5.14. The van der Waals surface area contributed by atoms with Gasteiger partial charge < -0.3 is 15.0 Å². The molecule has 0 atom stereocenters. The van der Waals surface area contributed by atoms with Crippen LogP contribution in [0.4, 0.5) is 5.82 Å². The van der Waals surface area contributed by atoms with E-state index in [9.17, 15) is 0 Å². The Labute approximate surface area is 119 Å². The molecular formula is C13H21ClN4O. The van der Waals surface area contributed by atoms with Gasteiger partial charge in [0.2, 0.25) is 0 Å². The van der Waals surface area contributed by atoms with Gasteiger partial charge in [0, 0.05) is 19.7 Å². The third kappa shape index (κ3) is 4.93. The molecule has 2 rings (SSSR count). The van der Waals surface area contributed by atoms with Crippen molar-refractivity contribution in [1.29, 1.82) is 0 Å². The summed E-state index contributed by atoms with van der Waals surface area (Å²) in [4.78, 5) is 10.9. The predicted octanol–water partition coefficient (Wildman–Crippen LogP) is 2.17. The van der Waals surface area contributed by atoms with Crippen molar-refractivity contribution >= 4 is 17.4 Å². The standard InChI is InChI=1S/C13H21ClN4O/c1-19-10-13-16-11(14)9-12(17-13)15-5-4-8-18-6-2-3-7-18/h9H,2-8,10H2,1H3,(H,15,16,17). The van der Waals surface area contributed by atoms with Crippen LogP contribution >= 0.6 is 11.6 Å². The third-order valence-electron chi connectivity index (χ3n) is 3.17. The molecule has 1 aromatic rings. The van der Waals surface area contributed by atoms with Crippen molar-refractivity contribution < 1.29 is 4.74 Å². The first-order valence-corrected chi connectivity index (χ1v) is 7.14. The van der Waals surface area contributed by atoms with Gasteiger partial charge in [0.25, 0.3) is 0 Å². The molecule has 1 aliphatic heterocycles. The van der Waals surface area contributed by atoms with E-state index < -0.39 is 0 Å². The third-order valence-corrected chi connectivity index (χ3v) is 3.36. The number of hydrogen-bond acceptors (Lipinski definition) is 5. The van der Waals surface area contributed by atoms with Gasteiger partial charge in [-0.2, -0.15) is 0 Å². The van der Waals surface area contributed by atoms with E-state index in [1.165, 1.54) is 25.9 Å². The average Bonchev–Trinajstić information content (AvgIpc) is 2.87. The van der Waals surface area contributed by atoms with Crippen molar-refractivity contribution in [2.75, 3.05) is 38.6 Å². The Hall–Kier alpha value is -0.910. The van der Waals surface area contributed by atoms with Crippen LogP contribution in [0.2, 0.25) is 5.15 Å². The van der Waals surface area contributed by atoms with Crippen molar-refractivity contribution in [3.63, 3.8) is 0 Å². The highest BCUT2D eigenvalue weighted by atomic mass is 35.5. The molecule has 0 aliphatic carbocycles. The topological polar surface area (TPSA) is 50.3 Å². The smallest absolute Gasteiger partial charge is 0.158 e. The van der Waals surface area contributed by atoms with Crippen LogP contribution in [-0.2, 0) is 11.3 Å².